The number of halogens is 1. The van der Waals surface area contributed by atoms with Gasteiger partial charge in [0.2, 0.25) is 0 Å². The Labute approximate surface area is 91.3 Å². The molecular weight excluding hydrogens is 211 g/mol. The second kappa shape index (κ2) is 3.92. The molecule has 0 saturated carbocycles. The van der Waals surface area contributed by atoms with E-state index >= 15 is 0 Å². The number of fused-ring (bicyclic) bond motifs is 1. The van der Waals surface area contributed by atoms with Gasteiger partial charge in [0.15, 0.2) is 0 Å². The standard InChI is InChI=1S/C11H11FN2O2/c1-14-9-6-7(12)2-3-8(9)13-10(14)4-5-11(15)16/h2-3,6H,4-5H2,1H3,(H,15,16). The summed E-state index contributed by atoms with van der Waals surface area (Å²) in [4.78, 5) is 14.7. The van der Waals surface area contributed by atoms with Gasteiger partial charge in [0.05, 0.1) is 17.5 Å². The summed E-state index contributed by atoms with van der Waals surface area (Å²) in [5.41, 5.74) is 1.37. The number of benzene rings is 1. The Hall–Kier alpha value is -1.91. The molecule has 0 radical (unpaired) electrons. The second-order valence-electron chi connectivity index (χ2n) is 3.61. The van der Waals surface area contributed by atoms with E-state index in [0.29, 0.717) is 23.3 Å². The number of aliphatic carboxylic acids is 1. The zero-order chi connectivity index (χ0) is 11.7. The van der Waals surface area contributed by atoms with E-state index in [-0.39, 0.29) is 12.2 Å². The molecule has 0 fully saturated rings. The lowest BCUT2D eigenvalue weighted by molar-refractivity contribution is -0.137. The third-order valence-electron chi connectivity index (χ3n) is 2.50. The van der Waals surface area contributed by atoms with Crippen LogP contribution in [0.5, 0.6) is 0 Å². The first-order valence-electron chi connectivity index (χ1n) is 4.90. The average molecular weight is 222 g/mol. The van der Waals surface area contributed by atoms with Crippen LogP contribution in [0.25, 0.3) is 11.0 Å². The van der Waals surface area contributed by atoms with Crippen LogP contribution < -0.4 is 0 Å². The first-order valence-corrected chi connectivity index (χ1v) is 4.90. The summed E-state index contributed by atoms with van der Waals surface area (Å²) in [6.07, 6.45) is 0.377. The number of carbonyl (C=O) groups is 1. The highest BCUT2D eigenvalue weighted by atomic mass is 19.1. The highest BCUT2D eigenvalue weighted by molar-refractivity contribution is 5.76. The van der Waals surface area contributed by atoms with Crippen molar-refractivity contribution in [1.82, 2.24) is 9.55 Å². The van der Waals surface area contributed by atoms with Gasteiger partial charge in [-0.05, 0) is 18.2 Å². The van der Waals surface area contributed by atoms with Gasteiger partial charge >= 0.3 is 5.97 Å². The van der Waals surface area contributed by atoms with Crippen LogP contribution in [-0.2, 0) is 18.3 Å². The molecule has 5 heteroatoms. The van der Waals surface area contributed by atoms with Crippen LogP contribution in [0.4, 0.5) is 4.39 Å². The minimum absolute atomic E-state index is 0.0274. The maximum atomic E-state index is 13.0. The number of aryl methyl sites for hydroxylation is 2. The molecule has 2 rings (SSSR count). The highest BCUT2D eigenvalue weighted by Crippen LogP contribution is 2.16. The lowest BCUT2D eigenvalue weighted by Crippen LogP contribution is -2.03. The fourth-order valence-electron chi connectivity index (χ4n) is 1.66. The van der Waals surface area contributed by atoms with Crippen molar-refractivity contribution in [3.05, 3.63) is 29.8 Å². The van der Waals surface area contributed by atoms with E-state index in [1.54, 1.807) is 17.7 Å². The number of hydrogen-bond acceptors (Lipinski definition) is 2. The number of nitrogens with zero attached hydrogens (tertiary/aromatic N) is 2. The van der Waals surface area contributed by atoms with E-state index in [9.17, 15) is 9.18 Å². The maximum absolute atomic E-state index is 13.0. The Morgan fingerprint density at radius 1 is 1.56 bits per heavy atom. The van der Waals surface area contributed by atoms with Gasteiger partial charge in [-0.1, -0.05) is 0 Å². The Morgan fingerprint density at radius 2 is 2.31 bits per heavy atom. The minimum Gasteiger partial charge on any atom is -0.481 e. The molecule has 0 aliphatic heterocycles. The van der Waals surface area contributed by atoms with Crippen molar-refractivity contribution < 1.29 is 14.3 Å². The number of hydrogen-bond donors (Lipinski definition) is 1. The molecule has 0 aliphatic carbocycles. The molecular formula is C11H11FN2O2. The Balaban J connectivity index is 2.40. The summed E-state index contributed by atoms with van der Waals surface area (Å²) in [6, 6.07) is 4.33. The van der Waals surface area contributed by atoms with E-state index < -0.39 is 5.97 Å². The molecule has 0 bridgehead atoms. The zero-order valence-electron chi connectivity index (χ0n) is 8.77. The number of aromatic nitrogens is 2. The first kappa shape index (κ1) is 10.6. The van der Waals surface area contributed by atoms with Crippen molar-refractivity contribution in [3.8, 4) is 0 Å². The van der Waals surface area contributed by atoms with Crippen molar-refractivity contribution in [2.75, 3.05) is 0 Å². The lowest BCUT2D eigenvalue weighted by atomic mass is 10.3. The minimum atomic E-state index is -0.863. The maximum Gasteiger partial charge on any atom is 0.303 e. The normalized spacial score (nSPS) is 10.9. The van der Waals surface area contributed by atoms with E-state index in [1.165, 1.54) is 12.1 Å². The predicted molar refractivity (Wildman–Crippen MR) is 56.6 cm³/mol. The molecule has 1 N–H and O–H groups in total. The summed E-state index contributed by atoms with van der Waals surface area (Å²) < 4.78 is 14.7. The number of carboxylic acids is 1. The summed E-state index contributed by atoms with van der Waals surface area (Å²) in [5, 5.41) is 8.59. The summed E-state index contributed by atoms with van der Waals surface area (Å²) in [5.74, 6) is -0.526. The van der Waals surface area contributed by atoms with Gasteiger partial charge in [-0.15, -0.1) is 0 Å². The van der Waals surface area contributed by atoms with Gasteiger partial charge in [0, 0.05) is 13.5 Å². The molecule has 0 spiro atoms. The Morgan fingerprint density at radius 3 is 3.00 bits per heavy atom. The molecule has 2 aromatic rings. The highest BCUT2D eigenvalue weighted by Gasteiger charge is 2.09. The molecule has 0 amide bonds. The van der Waals surface area contributed by atoms with E-state index in [1.807, 2.05) is 0 Å². The van der Waals surface area contributed by atoms with Gasteiger partial charge in [-0.25, -0.2) is 9.37 Å². The quantitative estimate of drug-likeness (QED) is 0.860. The smallest absolute Gasteiger partial charge is 0.303 e. The molecule has 0 aliphatic rings. The lowest BCUT2D eigenvalue weighted by Gasteiger charge is -1.99. The van der Waals surface area contributed by atoms with Crippen molar-refractivity contribution in [2.45, 2.75) is 12.8 Å². The second-order valence-corrected chi connectivity index (χ2v) is 3.61. The molecule has 1 heterocycles. The van der Waals surface area contributed by atoms with Gasteiger partial charge in [-0.2, -0.15) is 0 Å². The Bertz CT molecular complexity index is 548. The Kier molecular flexibility index (Phi) is 2.60. The van der Waals surface area contributed by atoms with Crippen LogP contribution in [0.1, 0.15) is 12.2 Å². The number of imidazole rings is 1. The predicted octanol–water partition coefficient (Wildman–Crippen LogP) is 1.73. The number of rotatable bonds is 3. The van der Waals surface area contributed by atoms with E-state index in [2.05, 4.69) is 4.98 Å². The molecule has 84 valence electrons. The molecule has 0 unspecified atom stereocenters. The third kappa shape index (κ3) is 1.88. The van der Waals surface area contributed by atoms with Crippen LogP contribution in [-0.4, -0.2) is 20.6 Å². The summed E-state index contributed by atoms with van der Waals surface area (Å²) in [7, 11) is 1.76. The average Bonchev–Trinajstić information content (AvgIpc) is 2.53. The van der Waals surface area contributed by atoms with Crippen LogP contribution in [0, 0.1) is 5.82 Å². The molecule has 1 aromatic heterocycles. The third-order valence-corrected chi connectivity index (χ3v) is 2.50. The molecule has 0 atom stereocenters. The van der Waals surface area contributed by atoms with Gasteiger partial charge in [-0.3, -0.25) is 4.79 Å². The molecule has 16 heavy (non-hydrogen) atoms. The van der Waals surface area contributed by atoms with Crippen molar-refractivity contribution >= 4 is 17.0 Å². The SMILES string of the molecule is Cn1c(CCC(=O)O)nc2ccc(F)cc21. The van der Waals surface area contributed by atoms with Crippen molar-refractivity contribution in [3.63, 3.8) is 0 Å². The zero-order valence-corrected chi connectivity index (χ0v) is 8.77. The fraction of sp³-hybridized carbons (Fsp3) is 0.273. The first-order chi connectivity index (χ1) is 7.58. The van der Waals surface area contributed by atoms with Crippen LogP contribution in [0.3, 0.4) is 0 Å². The number of carboxylic acid groups (broad SMARTS) is 1. The molecule has 4 nitrogen and oxygen atoms in total. The van der Waals surface area contributed by atoms with Crippen LogP contribution >= 0.6 is 0 Å². The van der Waals surface area contributed by atoms with Crippen molar-refractivity contribution in [1.29, 1.82) is 0 Å². The molecule has 0 saturated heterocycles. The van der Waals surface area contributed by atoms with Crippen molar-refractivity contribution in [2.24, 2.45) is 7.05 Å². The topological polar surface area (TPSA) is 55.1 Å². The van der Waals surface area contributed by atoms with Gasteiger partial charge < -0.3 is 9.67 Å². The van der Waals surface area contributed by atoms with Crippen LogP contribution in [0.2, 0.25) is 0 Å². The van der Waals surface area contributed by atoms with E-state index in [0.717, 1.165) is 0 Å². The van der Waals surface area contributed by atoms with Crippen LogP contribution in [0.15, 0.2) is 18.2 Å². The van der Waals surface area contributed by atoms with Gasteiger partial charge in [0.1, 0.15) is 11.6 Å². The van der Waals surface area contributed by atoms with Gasteiger partial charge in [0.25, 0.3) is 0 Å². The largest absolute Gasteiger partial charge is 0.481 e. The fourth-order valence-corrected chi connectivity index (χ4v) is 1.66. The molecule has 1 aromatic carbocycles. The monoisotopic (exact) mass is 222 g/mol. The summed E-state index contributed by atoms with van der Waals surface area (Å²) in [6.45, 7) is 0. The van der Waals surface area contributed by atoms with E-state index in [4.69, 9.17) is 5.11 Å². The summed E-state index contributed by atoms with van der Waals surface area (Å²) >= 11 is 0.